The Morgan fingerprint density at radius 2 is 2.25 bits per heavy atom. The molecule has 0 bridgehead atoms. The van der Waals surface area contributed by atoms with Gasteiger partial charge in [-0.05, 0) is 19.1 Å². The van der Waals surface area contributed by atoms with Crippen molar-refractivity contribution in [2.24, 2.45) is 0 Å². The van der Waals surface area contributed by atoms with Gasteiger partial charge in [-0.25, -0.2) is 4.98 Å². The van der Waals surface area contributed by atoms with Crippen molar-refractivity contribution in [3.05, 3.63) is 29.3 Å². The Kier molecular flexibility index (Phi) is 2.63. The molecule has 3 nitrogen and oxygen atoms in total. The number of hydrogen-bond donors (Lipinski definition) is 1. The van der Waals surface area contributed by atoms with E-state index in [2.05, 4.69) is 29.4 Å². The van der Waals surface area contributed by atoms with Crippen molar-refractivity contribution in [3.8, 4) is 0 Å². The molecule has 2 heterocycles. The molecule has 16 heavy (non-hydrogen) atoms. The van der Waals surface area contributed by atoms with Gasteiger partial charge in [0.25, 0.3) is 0 Å². The average Bonchev–Trinajstić information content (AvgIpc) is 2.72. The van der Waals surface area contributed by atoms with Crippen LogP contribution in [0.5, 0.6) is 0 Å². The van der Waals surface area contributed by atoms with E-state index < -0.39 is 0 Å². The van der Waals surface area contributed by atoms with Crippen LogP contribution in [-0.4, -0.2) is 24.2 Å². The Balaban J connectivity index is 1.93. The largest absolute Gasteiger partial charge is 0.365 e. The molecular formula is C12H14N2OS. The first-order chi connectivity index (χ1) is 7.83. The van der Waals surface area contributed by atoms with Crippen molar-refractivity contribution in [1.29, 1.82) is 0 Å². The van der Waals surface area contributed by atoms with Crippen LogP contribution in [0.2, 0.25) is 0 Å². The molecule has 2 aromatic rings. The summed E-state index contributed by atoms with van der Waals surface area (Å²) in [7, 11) is 0. The van der Waals surface area contributed by atoms with E-state index in [1.54, 1.807) is 11.3 Å². The van der Waals surface area contributed by atoms with Gasteiger partial charge in [0.1, 0.15) is 11.1 Å². The third-order valence-corrected chi connectivity index (χ3v) is 3.87. The Bertz CT molecular complexity index is 463. The second-order valence-electron chi connectivity index (χ2n) is 4.11. The average molecular weight is 234 g/mol. The third-order valence-electron chi connectivity index (χ3n) is 2.74. The minimum atomic E-state index is 0.112. The Hall–Kier alpha value is -0.970. The van der Waals surface area contributed by atoms with Crippen LogP contribution in [0, 0.1) is 0 Å². The minimum Gasteiger partial charge on any atom is -0.365 e. The standard InChI is InChI=1S/C12H14N2OS/c1-8-6-13-7-10(15-8)12-14-9-4-2-3-5-11(9)16-12/h2-5,8,10,13H,6-7H2,1H3. The number of nitrogens with one attached hydrogen (secondary N) is 1. The zero-order chi connectivity index (χ0) is 11.0. The van der Waals surface area contributed by atoms with Crippen LogP contribution in [0.3, 0.4) is 0 Å². The molecule has 1 aliphatic rings. The number of thiazole rings is 1. The number of benzene rings is 1. The maximum Gasteiger partial charge on any atom is 0.124 e. The summed E-state index contributed by atoms with van der Waals surface area (Å²) >= 11 is 1.73. The first-order valence-electron chi connectivity index (χ1n) is 5.54. The maximum atomic E-state index is 5.89. The van der Waals surface area contributed by atoms with Gasteiger partial charge in [-0.3, -0.25) is 0 Å². The molecule has 2 unspecified atom stereocenters. The molecule has 1 N–H and O–H groups in total. The zero-order valence-corrected chi connectivity index (χ0v) is 9.96. The Labute approximate surface area is 98.5 Å². The number of fused-ring (bicyclic) bond motifs is 1. The van der Waals surface area contributed by atoms with Crippen LogP contribution in [0.25, 0.3) is 10.2 Å². The summed E-state index contributed by atoms with van der Waals surface area (Å²) in [4.78, 5) is 4.62. The lowest BCUT2D eigenvalue weighted by molar-refractivity contribution is -0.0287. The highest BCUT2D eigenvalue weighted by Crippen LogP contribution is 2.29. The summed E-state index contributed by atoms with van der Waals surface area (Å²) in [6, 6.07) is 8.23. The van der Waals surface area contributed by atoms with Gasteiger partial charge >= 0.3 is 0 Å². The van der Waals surface area contributed by atoms with Crippen molar-refractivity contribution in [1.82, 2.24) is 10.3 Å². The maximum absolute atomic E-state index is 5.89. The van der Waals surface area contributed by atoms with Gasteiger partial charge in [-0.15, -0.1) is 11.3 Å². The summed E-state index contributed by atoms with van der Waals surface area (Å²) in [5, 5.41) is 4.45. The van der Waals surface area contributed by atoms with Crippen LogP contribution >= 0.6 is 11.3 Å². The number of nitrogens with zero attached hydrogens (tertiary/aromatic N) is 1. The molecule has 1 saturated heterocycles. The number of aromatic nitrogens is 1. The van der Waals surface area contributed by atoms with Crippen LogP contribution in [0.15, 0.2) is 24.3 Å². The van der Waals surface area contributed by atoms with Crippen LogP contribution in [0.4, 0.5) is 0 Å². The molecule has 4 heteroatoms. The van der Waals surface area contributed by atoms with E-state index in [-0.39, 0.29) is 12.2 Å². The summed E-state index contributed by atoms with van der Waals surface area (Å²) in [5.74, 6) is 0. The van der Waals surface area contributed by atoms with E-state index >= 15 is 0 Å². The van der Waals surface area contributed by atoms with Crippen LogP contribution < -0.4 is 5.32 Å². The lowest BCUT2D eigenvalue weighted by Gasteiger charge is -2.27. The molecule has 0 amide bonds. The fourth-order valence-electron chi connectivity index (χ4n) is 1.97. The van der Waals surface area contributed by atoms with Gasteiger partial charge in [0.05, 0.1) is 16.3 Å². The van der Waals surface area contributed by atoms with E-state index in [1.807, 2.05) is 12.1 Å². The molecule has 3 rings (SSSR count). The third kappa shape index (κ3) is 1.84. The molecule has 0 saturated carbocycles. The topological polar surface area (TPSA) is 34.2 Å². The van der Waals surface area contributed by atoms with Crippen molar-refractivity contribution in [2.75, 3.05) is 13.1 Å². The summed E-state index contributed by atoms with van der Waals surface area (Å²) in [6.07, 6.45) is 0.381. The highest BCUT2D eigenvalue weighted by Gasteiger charge is 2.23. The van der Waals surface area contributed by atoms with Crippen molar-refractivity contribution in [3.63, 3.8) is 0 Å². The minimum absolute atomic E-state index is 0.112. The van der Waals surface area contributed by atoms with Gasteiger partial charge in [-0.2, -0.15) is 0 Å². The highest BCUT2D eigenvalue weighted by atomic mass is 32.1. The fraction of sp³-hybridized carbons (Fsp3) is 0.417. The Morgan fingerprint density at radius 1 is 1.38 bits per heavy atom. The smallest absolute Gasteiger partial charge is 0.124 e. The Morgan fingerprint density at radius 3 is 3.06 bits per heavy atom. The highest BCUT2D eigenvalue weighted by molar-refractivity contribution is 7.18. The molecule has 2 atom stereocenters. The van der Waals surface area contributed by atoms with Crippen molar-refractivity contribution >= 4 is 21.6 Å². The first kappa shape index (κ1) is 10.2. The number of morpholine rings is 1. The van der Waals surface area contributed by atoms with E-state index in [1.165, 1.54) is 4.70 Å². The number of rotatable bonds is 1. The molecule has 84 valence electrons. The zero-order valence-electron chi connectivity index (χ0n) is 9.14. The molecular weight excluding hydrogens is 220 g/mol. The fourth-order valence-corrected chi connectivity index (χ4v) is 2.97. The predicted octanol–water partition coefficient (Wildman–Crippen LogP) is 2.35. The molecule has 1 aromatic carbocycles. The van der Waals surface area contributed by atoms with Crippen LogP contribution in [-0.2, 0) is 4.74 Å². The second kappa shape index (κ2) is 4.13. The lowest BCUT2D eigenvalue weighted by Crippen LogP contribution is -2.38. The van der Waals surface area contributed by atoms with E-state index in [9.17, 15) is 0 Å². The number of hydrogen-bond acceptors (Lipinski definition) is 4. The summed E-state index contributed by atoms with van der Waals surface area (Å²) < 4.78 is 7.12. The van der Waals surface area contributed by atoms with Gasteiger partial charge in [0, 0.05) is 13.1 Å². The number of ether oxygens (including phenoxy) is 1. The monoisotopic (exact) mass is 234 g/mol. The van der Waals surface area contributed by atoms with E-state index in [0.29, 0.717) is 0 Å². The predicted molar refractivity (Wildman–Crippen MR) is 65.8 cm³/mol. The first-order valence-corrected chi connectivity index (χ1v) is 6.36. The van der Waals surface area contributed by atoms with E-state index in [0.717, 1.165) is 23.6 Å². The van der Waals surface area contributed by atoms with Crippen molar-refractivity contribution < 1.29 is 4.74 Å². The van der Waals surface area contributed by atoms with Gasteiger partial charge < -0.3 is 10.1 Å². The molecule has 0 radical (unpaired) electrons. The summed E-state index contributed by atoms with van der Waals surface area (Å²) in [5.41, 5.74) is 1.07. The molecule has 1 aromatic heterocycles. The molecule has 0 aliphatic carbocycles. The van der Waals surface area contributed by atoms with Gasteiger partial charge in [0.15, 0.2) is 0 Å². The molecule has 0 spiro atoms. The van der Waals surface area contributed by atoms with Gasteiger partial charge in [0.2, 0.25) is 0 Å². The van der Waals surface area contributed by atoms with Crippen molar-refractivity contribution in [2.45, 2.75) is 19.1 Å². The van der Waals surface area contributed by atoms with Crippen LogP contribution in [0.1, 0.15) is 18.0 Å². The van der Waals surface area contributed by atoms with Gasteiger partial charge in [-0.1, -0.05) is 12.1 Å². The van der Waals surface area contributed by atoms with E-state index in [4.69, 9.17) is 4.74 Å². The second-order valence-corrected chi connectivity index (χ2v) is 5.18. The molecule has 1 aliphatic heterocycles. The molecule has 1 fully saturated rings. The lowest BCUT2D eigenvalue weighted by atomic mass is 10.2. The quantitative estimate of drug-likeness (QED) is 0.822. The SMILES string of the molecule is CC1CNCC(c2nc3ccccc3s2)O1. The number of para-hydroxylation sites is 1. The summed E-state index contributed by atoms with van der Waals surface area (Å²) in [6.45, 7) is 3.89. The normalized spacial score (nSPS) is 26.1.